The highest BCUT2D eigenvalue weighted by atomic mass is 35.5. The molecule has 0 saturated heterocycles. The summed E-state index contributed by atoms with van der Waals surface area (Å²) < 4.78 is 0. The number of aromatic nitrogens is 2. The van der Waals surface area contributed by atoms with Gasteiger partial charge in [0.05, 0.1) is 0 Å². The van der Waals surface area contributed by atoms with Crippen molar-refractivity contribution in [1.29, 1.82) is 5.41 Å². The number of hydrogen-bond donors (Lipinski definition) is 2. The van der Waals surface area contributed by atoms with Gasteiger partial charge in [0, 0.05) is 5.41 Å². The molecule has 1 rings (SSSR count). The van der Waals surface area contributed by atoms with Crippen molar-refractivity contribution < 1.29 is 0 Å². The maximum Gasteiger partial charge on any atom is 0.154 e. The summed E-state index contributed by atoms with van der Waals surface area (Å²) in [6.07, 6.45) is 0. The minimum Gasteiger partial charge on any atom is -0.327 e. The van der Waals surface area contributed by atoms with E-state index in [-0.39, 0.29) is 5.41 Å². The summed E-state index contributed by atoms with van der Waals surface area (Å²) in [7, 11) is 0. The highest BCUT2D eigenvalue weighted by Gasteiger charge is 2.28. The van der Waals surface area contributed by atoms with E-state index >= 15 is 0 Å². The summed E-state index contributed by atoms with van der Waals surface area (Å²) in [4.78, 5) is 0. The van der Waals surface area contributed by atoms with Crippen LogP contribution in [0.15, 0.2) is 12.1 Å². The molecule has 0 radical (unpaired) electrons. The van der Waals surface area contributed by atoms with Gasteiger partial charge in [0.25, 0.3) is 0 Å². The Kier molecular flexibility index (Phi) is 3.86. The number of halogens is 1. The van der Waals surface area contributed by atoms with E-state index in [2.05, 4.69) is 29.4 Å². The first kappa shape index (κ1) is 12.9. The molecule has 5 heteroatoms. The molecule has 0 unspecified atom stereocenters. The Bertz CT molecular complexity index is 370. The molecule has 88 valence electrons. The molecule has 0 atom stereocenters. The van der Waals surface area contributed by atoms with E-state index in [0.29, 0.717) is 22.7 Å². The second-order valence-corrected chi connectivity index (χ2v) is 5.00. The van der Waals surface area contributed by atoms with Gasteiger partial charge >= 0.3 is 0 Å². The second kappa shape index (κ2) is 4.78. The topological polar surface area (TPSA) is 61.7 Å². The smallest absolute Gasteiger partial charge is 0.154 e. The molecular weight excluding hydrogens is 224 g/mol. The van der Waals surface area contributed by atoms with Gasteiger partial charge in [0.15, 0.2) is 11.0 Å². The molecule has 0 aliphatic carbocycles. The summed E-state index contributed by atoms with van der Waals surface area (Å²) >= 11 is 5.63. The molecule has 0 amide bonds. The van der Waals surface area contributed by atoms with Crippen molar-refractivity contribution in [3.8, 4) is 0 Å². The minimum atomic E-state index is -0.221. The summed E-state index contributed by atoms with van der Waals surface area (Å²) in [5.74, 6) is 1.34. The lowest BCUT2D eigenvalue weighted by Gasteiger charge is -2.30. The van der Waals surface area contributed by atoms with Crippen molar-refractivity contribution in [2.24, 2.45) is 11.3 Å². The Morgan fingerprint density at radius 2 is 2.00 bits per heavy atom. The molecule has 16 heavy (non-hydrogen) atoms. The largest absolute Gasteiger partial charge is 0.327 e. The molecule has 2 N–H and O–H groups in total. The van der Waals surface area contributed by atoms with Crippen LogP contribution in [0.1, 0.15) is 27.7 Å². The van der Waals surface area contributed by atoms with E-state index in [4.69, 9.17) is 17.0 Å². The van der Waals surface area contributed by atoms with Gasteiger partial charge in [-0.25, -0.2) is 0 Å². The van der Waals surface area contributed by atoms with Crippen LogP contribution < -0.4 is 5.32 Å². The maximum absolute atomic E-state index is 8.00. The average Bonchev–Trinajstić information content (AvgIpc) is 2.21. The van der Waals surface area contributed by atoms with Crippen LogP contribution in [0.5, 0.6) is 0 Å². The third-order valence-corrected chi connectivity index (χ3v) is 3.17. The van der Waals surface area contributed by atoms with Crippen LogP contribution in [-0.2, 0) is 0 Å². The molecule has 1 aromatic heterocycles. The SMILES string of the molecule is CC(C)C(C)(C)C(=N)Nc1ccc(Cl)nn1. The van der Waals surface area contributed by atoms with Gasteiger partial charge in [-0.15, -0.1) is 10.2 Å². The molecule has 0 spiro atoms. The molecular formula is C11H17ClN4. The van der Waals surface area contributed by atoms with Gasteiger partial charge in [-0.2, -0.15) is 0 Å². The Balaban J connectivity index is 2.75. The molecule has 0 bridgehead atoms. The Morgan fingerprint density at radius 3 is 2.44 bits per heavy atom. The molecule has 0 aliphatic rings. The van der Waals surface area contributed by atoms with Crippen LogP contribution in [0.2, 0.25) is 5.15 Å². The van der Waals surface area contributed by atoms with Gasteiger partial charge in [-0.05, 0) is 18.1 Å². The Hall–Kier alpha value is -1.16. The average molecular weight is 241 g/mol. The summed E-state index contributed by atoms with van der Waals surface area (Å²) in [5, 5.41) is 18.9. The fourth-order valence-corrected chi connectivity index (χ4v) is 1.06. The quantitative estimate of drug-likeness (QED) is 0.630. The molecule has 0 fully saturated rings. The lowest BCUT2D eigenvalue weighted by atomic mass is 9.80. The zero-order chi connectivity index (χ0) is 12.3. The third-order valence-electron chi connectivity index (χ3n) is 2.97. The third kappa shape index (κ3) is 2.92. The standard InChI is InChI=1S/C11H17ClN4/c1-7(2)11(3,4)10(13)14-9-6-5-8(12)15-16-9/h5-7H,1-4H3,(H2,13,14,16). The van der Waals surface area contributed by atoms with Crippen molar-refractivity contribution >= 4 is 23.3 Å². The predicted molar refractivity (Wildman–Crippen MR) is 67.0 cm³/mol. The number of nitrogens with zero attached hydrogens (tertiary/aromatic N) is 2. The first-order valence-corrected chi connectivity index (χ1v) is 5.57. The predicted octanol–water partition coefficient (Wildman–Crippen LogP) is 3.20. The monoisotopic (exact) mass is 240 g/mol. The zero-order valence-corrected chi connectivity index (χ0v) is 10.8. The number of rotatable bonds is 3. The Labute approximate surface area is 101 Å². The van der Waals surface area contributed by atoms with Crippen LogP contribution in [0.3, 0.4) is 0 Å². The lowest BCUT2D eigenvalue weighted by molar-refractivity contribution is 0.362. The maximum atomic E-state index is 8.00. The number of amidine groups is 1. The molecule has 1 heterocycles. The summed E-state index contributed by atoms with van der Waals surface area (Å²) in [6, 6.07) is 3.35. The van der Waals surface area contributed by atoms with E-state index < -0.39 is 0 Å². The summed E-state index contributed by atoms with van der Waals surface area (Å²) in [5.41, 5.74) is -0.221. The van der Waals surface area contributed by atoms with Crippen LogP contribution in [-0.4, -0.2) is 16.0 Å². The van der Waals surface area contributed by atoms with Crippen LogP contribution in [0, 0.1) is 16.7 Å². The van der Waals surface area contributed by atoms with Gasteiger partial charge < -0.3 is 5.32 Å². The number of nitrogens with one attached hydrogen (secondary N) is 2. The lowest BCUT2D eigenvalue weighted by Crippen LogP contribution is -2.34. The van der Waals surface area contributed by atoms with E-state index in [9.17, 15) is 0 Å². The minimum absolute atomic E-state index is 0.221. The first-order chi connectivity index (χ1) is 7.34. The molecule has 4 nitrogen and oxygen atoms in total. The molecule has 0 saturated carbocycles. The zero-order valence-electron chi connectivity index (χ0n) is 10.0. The van der Waals surface area contributed by atoms with Gasteiger partial charge in [0.2, 0.25) is 0 Å². The van der Waals surface area contributed by atoms with Crippen molar-refractivity contribution in [3.05, 3.63) is 17.3 Å². The van der Waals surface area contributed by atoms with E-state index in [0.717, 1.165) is 0 Å². The van der Waals surface area contributed by atoms with Gasteiger partial charge in [-0.3, -0.25) is 5.41 Å². The van der Waals surface area contributed by atoms with E-state index in [1.54, 1.807) is 12.1 Å². The summed E-state index contributed by atoms with van der Waals surface area (Å²) in [6.45, 7) is 8.22. The van der Waals surface area contributed by atoms with Crippen LogP contribution in [0.25, 0.3) is 0 Å². The van der Waals surface area contributed by atoms with E-state index in [1.807, 2.05) is 13.8 Å². The normalized spacial score (nSPS) is 11.6. The van der Waals surface area contributed by atoms with Crippen molar-refractivity contribution in [2.75, 3.05) is 5.32 Å². The fraction of sp³-hybridized carbons (Fsp3) is 0.545. The molecule has 1 aromatic rings. The molecule has 0 aromatic carbocycles. The van der Waals surface area contributed by atoms with Crippen molar-refractivity contribution in [1.82, 2.24) is 10.2 Å². The Morgan fingerprint density at radius 1 is 1.38 bits per heavy atom. The number of anilines is 1. The van der Waals surface area contributed by atoms with E-state index in [1.165, 1.54) is 0 Å². The van der Waals surface area contributed by atoms with Crippen LogP contribution in [0.4, 0.5) is 5.82 Å². The van der Waals surface area contributed by atoms with Crippen molar-refractivity contribution in [2.45, 2.75) is 27.7 Å². The fourth-order valence-electron chi connectivity index (χ4n) is 0.960. The van der Waals surface area contributed by atoms with Crippen molar-refractivity contribution in [3.63, 3.8) is 0 Å². The molecule has 0 aliphatic heterocycles. The van der Waals surface area contributed by atoms with Gasteiger partial charge in [0.1, 0.15) is 5.84 Å². The van der Waals surface area contributed by atoms with Gasteiger partial charge in [-0.1, -0.05) is 39.3 Å². The highest BCUT2D eigenvalue weighted by molar-refractivity contribution is 6.29. The van der Waals surface area contributed by atoms with Crippen LogP contribution >= 0.6 is 11.6 Å². The number of hydrogen-bond acceptors (Lipinski definition) is 3. The first-order valence-electron chi connectivity index (χ1n) is 5.19. The highest BCUT2D eigenvalue weighted by Crippen LogP contribution is 2.27. The second-order valence-electron chi connectivity index (χ2n) is 4.62.